The highest BCUT2D eigenvalue weighted by Gasteiger charge is 2.15. The van der Waals surface area contributed by atoms with Crippen LogP contribution < -0.4 is 5.32 Å². The van der Waals surface area contributed by atoms with Crippen LogP contribution in [-0.4, -0.2) is 24.6 Å². The van der Waals surface area contributed by atoms with Crippen LogP contribution in [-0.2, 0) is 0 Å². The summed E-state index contributed by atoms with van der Waals surface area (Å²) in [5, 5.41) is 3.66. The van der Waals surface area contributed by atoms with Crippen molar-refractivity contribution >= 4 is 11.8 Å². The molecule has 1 fully saturated rings. The van der Waals surface area contributed by atoms with E-state index in [4.69, 9.17) is 0 Å². The van der Waals surface area contributed by atoms with Crippen molar-refractivity contribution in [1.29, 1.82) is 0 Å². The normalized spacial score (nSPS) is 19.1. The molecule has 0 radical (unpaired) electrons. The maximum Gasteiger partial charge on any atom is 0.00388 e. The van der Waals surface area contributed by atoms with Gasteiger partial charge in [-0.15, -0.1) is 0 Å². The molecule has 96 valence electrons. The average molecular weight is 243 g/mol. The van der Waals surface area contributed by atoms with E-state index >= 15 is 0 Å². The predicted octanol–water partition coefficient (Wildman–Crippen LogP) is 4.08. The topological polar surface area (TPSA) is 12.0 Å². The van der Waals surface area contributed by atoms with E-state index in [1.54, 1.807) is 0 Å². The van der Waals surface area contributed by atoms with E-state index in [1.807, 2.05) is 11.8 Å². The minimum Gasteiger partial charge on any atom is -0.314 e. The molecule has 0 spiro atoms. The molecule has 1 aliphatic rings. The molecule has 0 saturated heterocycles. The fourth-order valence-electron chi connectivity index (χ4n) is 2.61. The lowest BCUT2D eigenvalue weighted by molar-refractivity contribution is 0.418. The van der Waals surface area contributed by atoms with E-state index in [1.165, 1.54) is 63.7 Å². The highest BCUT2D eigenvalue weighted by atomic mass is 32.2. The lowest BCUT2D eigenvalue weighted by Crippen LogP contribution is -2.27. The summed E-state index contributed by atoms with van der Waals surface area (Å²) in [4.78, 5) is 0. The summed E-state index contributed by atoms with van der Waals surface area (Å²) >= 11 is 1.96. The Morgan fingerprint density at radius 3 is 2.69 bits per heavy atom. The Labute approximate surface area is 106 Å². The highest BCUT2D eigenvalue weighted by molar-refractivity contribution is 7.98. The Kier molecular flexibility index (Phi) is 8.40. The standard InChI is InChI=1S/C14H29NS/c1-13(15-11-5-6-12-16-2)9-10-14-7-3-4-8-14/h13-15H,3-12H2,1-2H3. The average Bonchev–Trinajstić information content (AvgIpc) is 2.79. The third-order valence-corrected chi connectivity index (χ3v) is 4.45. The monoisotopic (exact) mass is 243 g/mol. The third-order valence-electron chi connectivity index (χ3n) is 3.75. The van der Waals surface area contributed by atoms with Crippen LogP contribution in [0.2, 0.25) is 0 Å². The van der Waals surface area contributed by atoms with Crippen molar-refractivity contribution in [3.05, 3.63) is 0 Å². The number of hydrogen-bond acceptors (Lipinski definition) is 2. The molecule has 16 heavy (non-hydrogen) atoms. The smallest absolute Gasteiger partial charge is 0.00388 e. The third kappa shape index (κ3) is 6.80. The Morgan fingerprint density at radius 2 is 2.00 bits per heavy atom. The number of thioether (sulfide) groups is 1. The van der Waals surface area contributed by atoms with Crippen molar-refractivity contribution in [1.82, 2.24) is 5.32 Å². The van der Waals surface area contributed by atoms with E-state index in [9.17, 15) is 0 Å². The van der Waals surface area contributed by atoms with Crippen molar-refractivity contribution in [2.45, 2.75) is 64.3 Å². The minimum atomic E-state index is 0.731. The first-order valence-corrected chi connectivity index (χ1v) is 8.44. The molecule has 1 unspecified atom stereocenters. The SMILES string of the molecule is CSCCCCNC(C)CCC1CCCC1. The largest absolute Gasteiger partial charge is 0.314 e. The summed E-state index contributed by atoms with van der Waals surface area (Å²) in [7, 11) is 0. The van der Waals surface area contributed by atoms with Gasteiger partial charge in [-0.05, 0) is 57.1 Å². The second-order valence-corrected chi connectivity index (χ2v) is 6.27. The Morgan fingerprint density at radius 1 is 1.25 bits per heavy atom. The van der Waals surface area contributed by atoms with Crippen molar-refractivity contribution < 1.29 is 0 Å². The zero-order valence-electron chi connectivity index (χ0n) is 11.1. The number of nitrogens with one attached hydrogen (secondary N) is 1. The van der Waals surface area contributed by atoms with Crippen LogP contribution in [0.1, 0.15) is 58.3 Å². The van der Waals surface area contributed by atoms with Gasteiger partial charge in [0.1, 0.15) is 0 Å². The first-order chi connectivity index (χ1) is 7.83. The second-order valence-electron chi connectivity index (χ2n) is 5.28. The molecule has 0 aliphatic heterocycles. The maximum atomic E-state index is 3.66. The molecule has 1 atom stereocenters. The van der Waals surface area contributed by atoms with E-state index in [0.717, 1.165) is 12.0 Å². The summed E-state index contributed by atoms with van der Waals surface area (Å²) in [6.07, 6.45) is 13.7. The first-order valence-electron chi connectivity index (χ1n) is 7.05. The van der Waals surface area contributed by atoms with Crippen LogP contribution in [0, 0.1) is 5.92 Å². The fourth-order valence-corrected chi connectivity index (χ4v) is 3.10. The molecular formula is C14H29NS. The molecular weight excluding hydrogens is 214 g/mol. The molecule has 1 saturated carbocycles. The lowest BCUT2D eigenvalue weighted by Gasteiger charge is -2.16. The van der Waals surface area contributed by atoms with Gasteiger partial charge in [0, 0.05) is 6.04 Å². The van der Waals surface area contributed by atoms with Crippen LogP contribution in [0.5, 0.6) is 0 Å². The van der Waals surface area contributed by atoms with Crippen molar-refractivity contribution in [2.75, 3.05) is 18.6 Å². The number of hydrogen-bond donors (Lipinski definition) is 1. The van der Waals surface area contributed by atoms with Crippen molar-refractivity contribution in [2.24, 2.45) is 5.92 Å². The molecule has 1 aliphatic carbocycles. The van der Waals surface area contributed by atoms with Gasteiger partial charge in [0.2, 0.25) is 0 Å². The van der Waals surface area contributed by atoms with Crippen molar-refractivity contribution in [3.63, 3.8) is 0 Å². The summed E-state index contributed by atoms with van der Waals surface area (Å²) in [5.41, 5.74) is 0. The molecule has 0 aromatic carbocycles. The minimum absolute atomic E-state index is 0.731. The summed E-state index contributed by atoms with van der Waals surface area (Å²) < 4.78 is 0. The van der Waals surface area contributed by atoms with Gasteiger partial charge in [-0.25, -0.2) is 0 Å². The lowest BCUT2D eigenvalue weighted by atomic mass is 9.99. The Hall–Kier alpha value is 0.310. The molecule has 1 nitrogen and oxygen atoms in total. The molecule has 0 heterocycles. The number of unbranched alkanes of at least 4 members (excludes halogenated alkanes) is 1. The molecule has 2 heteroatoms. The molecule has 1 N–H and O–H groups in total. The first kappa shape index (κ1) is 14.4. The van der Waals surface area contributed by atoms with E-state index < -0.39 is 0 Å². The van der Waals surface area contributed by atoms with Crippen LogP contribution in [0.15, 0.2) is 0 Å². The van der Waals surface area contributed by atoms with Gasteiger partial charge in [0.25, 0.3) is 0 Å². The Balaban J connectivity index is 1.87. The molecule has 0 aromatic rings. The second kappa shape index (κ2) is 9.35. The summed E-state index contributed by atoms with van der Waals surface area (Å²) in [6.45, 7) is 3.57. The van der Waals surface area contributed by atoms with E-state index in [-0.39, 0.29) is 0 Å². The van der Waals surface area contributed by atoms with Gasteiger partial charge < -0.3 is 5.32 Å². The van der Waals surface area contributed by atoms with Crippen LogP contribution in [0.3, 0.4) is 0 Å². The summed E-state index contributed by atoms with van der Waals surface area (Å²) in [6, 6.07) is 0.731. The zero-order chi connectivity index (χ0) is 11.6. The fraction of sp³-hybridized carbons (Fsp3) is 1.00. The van der Waals surface area contributed by atoms with Crippen molar-refractivity contribution in [3.8, 4) is 0 Å². The van der Waals surface area contributed by atoms with Gasteiger partial charge in [0.15, 0.2) is 0 Å². The quantitative estimate of drug-likeness (QED) is 0.612. The van der Waals surface area contributed by atoms with Gasteiger partial charge in [-0.1, -0.05) is 25.7 Å². The predicted molar refractivity (Wildman–Crippen MR) is 76.3 cm³/mol. The molecule has 0 aromatic heterocycles. The molecule has 1 rings (SSSR count). The van der Waals surface area contributed by atoms with Crippen LogP contribution >= 0.6 is 11.8 Å². The van der Waals surface area contributed by atoms with E-state index in [0.29, 0.717) is 0 Å². The van der Waals surface area contributed by atoms with Gasteiger partial charge in [0.05, 0.1) is 0 Å². The van der Waals surface area contributed by atoms with Crippen LogP contribution in [0.25, 0.3) is 0 Å². The number of rotatable bonds is 9. The zero-order valence-corrected chi connectivity index (χ0v) is 12.0. The van der Waals surface area contributed by atoms with Gasteiger partial charge in [-0.2, -0.15) is 11.8 Å². The maximum absolute atomic E-state index is 3.66. The van der Waals surface area contributed by atoms with Gasteiger partial charge in [-0.3, -0.25) is 0 Å². The van der Waals surface area contributed by atoms with Gasteiger partial charge >= 0.3 is 0 Å². The highest BCUT2D eigenvalue weighted by Crippen LogP contribution is 2.28. The van der Waals surface area contributed by atoms with Crippen LogP contribution in [0.4, 0.5) is 0 Å². The molecule has 0 amide bonds. The Bertz CT molecular complexity index is 155. The molecule has 0 bridgehead atoms. The summed E-state index contributed by atoms with van der Waals surface area (Å²) in [5.74, 6) is 2.37. The van der Waals surface area contributed by atoms with E-state index in [2.05, 4.69) is 18.5 Å².